The Morgan fingerprint density at radius 3 is 2.69 bits per heavy atom. The van der Waals surface area contributed by atoms with Crippen LogP contribution in [0.2, 0.25) is 0 Å². The minimum atomic E-state index is -0.460. The fraction of sp³-hybridized carbons (Fsp3) is 0.174. The third-order valence-corrected chi connectivity index (χ3v) is 5.65. The number of hydrogen-bond acceptors (Lipinski definition) is 7. The van der Waals surface area contributed by atoms with Crippen LogP contribution in [0.5, 0.6) is 0 Å². The molecule has 162 valence electrons. The molecule has 32 heavy (non-hydrogen) atoms. The Bertz CT molecular complexity index is 1320. The van der Waals surface area contributed by atoms with E-state index in [0.29, 0.717) is 33.5 Å². The molecule has 0 aliphatic carbocycles. The Morgan fingerprint density at radius 1 is 1.06 bits per heavy atom. The molecule has 0 saturated carbocycles. The number of carbonyl (C=O) groups excluding carboxylic acids is 2. The van der Waals surface area contributed by atoms with Crippen LogP contribution in [0.25, 0.3) is 5.78 Å². The van der Waals surface area contributed by atoms with Gasteiger partial charge in [-0.2, -0.15) is 4.98 Å². The molecule has 0 bridgehead atoms. The summed E-state index contributed by atoms with van der Waals surface area (Å²) in [5.74, 6) is 0.347. The molecule has 0 fully saturated rings. The van der Waals surface area contributed by atoms with Crippen LogP contribution in [0.1, 0.15) is 37.7 Å². The third kappa shape index (κ3) is 4.62. The van der Waals surface area contributed by atoms with Gasteiger partial charge in [-0.3, -0.25) is 4.79 Å². The van der Waals surface area contributed by atoms with Crippen LogP contribution >= 0.6 is 11.8 Å². The Morgan fingerprint density at radius 2 is 1.88 bits per heavy atom. The van der Waals surface area contributed by atoms with E-state index >= 15 is 0 Å². The molecule has 0 aliphatic rings. The van der Waals surface area contributed by atoms with Gasteiger partial charge in [-0.05, 0) is 49.7 Å². The first kappa shape index (κ1) is 21.5. The number of ether oxygens (including phenoxy) is 1. The van der Waals surface area contributed by atoms with Crippen LogP contribution in [0.4, 0.5) is 5.69 Å². The molecule has 0 unspecified atom stereocenters. The molecule has 9 heteroatoms. The lowest BCUT2D eigenvalue weighted by Gasteiger charge is -2.10. The Balaban J connectivity index is 1.51. The highest BCUT2D eigenvalue weighted by Gasteiger charge is 2.15. The van der Waals surface area contributed by atoms with E-state index in [4.69, 9.17) is 4.74 Å². The maximum absolute atomic E-state index is 12.9. The zero-order valence-electron chi connectivity index (χ0n) is 17.8. The number of methoxy groups -OCH3 is 1. The van der Waals surface area contributed by atoms with Crippen molar-refractivity contribution in [2.45, 2.75) is 24.8 Å². The molecule has 4 rings (SSSR count). The summed E-state index contributed by atoms with van der Waals surface area (Å²) in [6.07, 6.45) is 0. The number of nitrogens with zero attached hydrogens (tertiary/aromatic N) is 4. The Hall–Kier alpha value is -3.72. The smallest absolute Gasteiger partial charge is 0.337 e. The number of aryl methyl sites for hydroxylation is 2. The molecule has 0 aliphatic heterocycles. The minimum absolute atomic E-state index is 0.265. The Kier molecular flexibility index (Phi) is 6.18. The standard InChI is InChI=1S/C23H21N5O3S/c1-14-11-15(2)28-22(24-14)26-23(27-28)32-13-17-7-4-5-10-19(17)20(29)25-18-9-6-8-16(12-18)21(30)31-3/h4-12H,13H2,1-3H3,(H,25,29). The van der Waals surface area contributed by atoms with Gasteiger partial charge in [-0.1, -0.05) is 36.0 Å². The van der Waals surface area contributed by atoms with E-state index in [1.165, 1.54) is 18.9 Å². The van der Waals surface area contributed by atoms with Crippen molar-refractivity contribution in [3.05, 3.63) is 82.7 Å². The van der Waals surface area contributed by atoms with E-state index < -0.39 is 5.97 Å². The van der Waals surface area contributed by atoms with Crippen molar-refractivity contribution in [3.8, 4) is 0 Å². The van der Waals surface area contributed by atoms with Crippen LogP contribution in [-0.2, 0) is 10.5 Å². The number of carbonyl (C=O) groups is 2. The topological polar surface area (TPSA) is 98.5 Å². The van der Waals surface area contributed by atoms with Crippen LogP contribution < -0.4 is 5.32 Å². The second kappa shape index (κ2) is 9.19. The summed E-state index contributed by atoms with van der Waals surface area (Å²) in [5.41, 5.74) is 4.11. The van der Waals surface area contributed by atoms with E-state index in [0.717, 1.165) is 17.0 Å². The summed E-state index contributed by atoms with van der Waals surface area (Å²) in [6, 6.07) is 15.9. The lowest BCUT2D eigenvalue weighted by atomic mass is 10.1. The molecule has 4 aromatic rings. The number of nitrogens with one attached hydrogen (secondary N) is 1. The summed E-state index contributed by atoms with van der Waals surface area (Å²) in [7, 11) is 1.32. The molecular formula is C23H21N5O3S. The molecule has 1 amide bonds. The van der Waals surface area contributed by atoms with E-state index in [9.17, 15) is 9.59 Å². The largest absolute Gasteiger partial charge is 0.465 e. The van der Waals surface area contributed by atoms with Gasteiger partial charge in [0.15, 0.2) is 0 Å². The van der Waals surface area contributed by atoms with Gasteiger partial charge >= 0.3 is 5.97 Å². The van der Waals surface area contributed by atoms with Crippen molar-refractivity contribution in [1.29, 1.82) is 0 Å². The lowest BCUT2D eigenvalue weighted by Crippen LogP contribution is -2.14. The van der Waals surface area contributed by atoms with E-state index in [1.54, 1.807) is 34.8 Å². The quantitative estimate of drug-likeness (QED) is 0.351. The SMILES string of the molecule is COC(=O)c1cccc(NC(=O)c2ccccc2CSc2nc3nc(C)cc(C)n3n2)c1. The average Bonchev–Trinajstić information content (AvgIpc) is 3.20. The first-order valence-electron chi connectivity index (χ1n) is 9.86. The molecule has 0 spiro atoms. The number of anilines is 1. The predicted molar refractivity (Wildman–Crippen MR) is 122 cm³/mol. The van der Waals surface area contributed by atoms with Gasteiger partial charge in [0, 0.05) is 28.4 Å². The monoisotopic (exact) mass is 447 g/mol. The van der Waals surface area contributed by atoms with E-state index in [2.05, 4.69) is 20.4 Å². The van der Waals surface area contributed by atoms with E-state index in [-0.39, 0.29) is 5.91 Å². The van der Waals surface area contributed by atoms with Crippen molar-refractivity contribution < 1.29 is 14.3 Å². The fourth-order valence-corrected chi connectivity index (χ4v) is 4.08. The van der Waals surface area contributed by atoms with Gasteiger partial charge in [0.25, 0.3) is 11.7 Å². The normalized spacial score (nSPS) is 10.8. The first-order valence-corrected chi connectivity index (χ1v) is 10.8. The third-order valence-electron chi connectivity index (χ3n) is 4.76. The highest BCUT2D eigenvalue weighted by Crippen LogP contribution is 2.23. The molecule has 2 aromatic heterocycles. The predicted octanol–water partition coefficient (Wildman–Crippen LogP) is 4.07. The van der Waals surface area contributed by atoms with Crippen LogP contribution in [0.15, 0.2) is 59.8 Å². The van der Waals surface area contributed by atoms with Crippen LogP contribution in [-0.4, -0.2) is 38.6 Å². The summed E-state index contributed by atoms with van der Waals surface area (Å²) < 4.78 is 6.45. The number of hydrogen-bond donors (Lipinski definition) is 1. The van der Waals surface area contributed by atoms with E-state index in [1.807, 2.05) is 38.1 Å². The zero-order valence-corrected chi connectivity index (χ0v) is 18.6. The second-order valence-corrected chi connectivity index (χ2v) is 8.06. The van der Waals surface area contributed by atoms with Gasteiger partial charge in [0.1, 0.15) is 0 Å². The maximum Gasteiger partial charge on any atom is 0.337 e. The molecule has 1 N–H and O–H groups in total. The zero-order chi connectivity index (χ0) is 22.7. The molecule has 0 atom stereocenters. The van der Waals surface area contributed by atoms with Crippen molar-refractivity contribution in [2.24, 2.45) is 0 Å². The van der Waals surface area contributed by atoms with Gasteiger partial charge in [-0.25, -0.2) is 14.3 Å². The average molecular weight is 448 g/mol. The number of amides is 1. The Labute approximate surface area is 189 Å². The molecular weight excluding hydrogens is 426 g/mol. The number of fused-ring (bicyclic) bond motifs is 1. The van der Waals surface area contributed by atoms with Gasteiger partial charge < -0.3 is 10.1 Å². The summed E-state index contributed by atoms with van der Waals surface area (Å²) in [5, 5.41) is 7.95. The first-order chi connectivity index (χ1) is 15.4. The van der Waals surface area contributed by atoms with Gasteiger partial charge in [0.05, 0.1) is 12.7 Å². The minimum Gasteiger partial charge on any atom is -0.465 e. The highest BCUT2D eigenvalue weighted by atomic mass is 32.2. The number of benzene rings is 2. The van der Waals surface area contributed by atoms with Gasteiger partial charge in [-0.15, -0.1) is 5.10 Å². The fourth-order valence-electron chi connectivity index (χ4n) is 3.26. The lowest BCUT2D eigenvalue weighted by molar-refractivity contribution is 0.0600. The second-order valence-electron chi connectivity index (χ2n) is 7.12. The van der Waals surface area contributed by atoms with Crippen molar-refractivity contribution in [1.82, 2.24) is 19.6 Å². The number of aromatic nitrogens is 4. The number of rotatable bonds is 6. The number of esters is 1. The maximum atomic E-state index is 12.9. The highest BCUT2D eigenvalue weighted by molar-refractivity contribution is 7.98. The number of thioether (sulfide) groups is 1. The van der Waals surface area contributed by atoms with Crippen molar-refractivity contribution in [2.75, 3.05) is 12.4 Å². The molecule has 2 heterocycles. The molecule has 8 nitrogen and oxygen atoms in total. The molecule has 0 saturated heterocycles. The van der Waals surface area contributed by atoms with Gasteiger partial charge in [0.2, 0.25) is 5.16 Å². The van der Waals surface area contributed by atoms with Crippen molar-refractivity contribution in [3.63, 3.8) is 0 Å². The summed E-state index contributed by atoms with van der Waals surface area (Å²) >= 11 is 1.44. The summed E-state index contributed by atoms with van der Waals surface area (Å²) in [6.45, 7) is 3.88. The van der Waals surface area contributed by atoms with Crippen molar-refractivity contribution >= 4 is 35.1 Å². The van der Waals surface area contributed by atoms with Crippen LogP contribution in [0, 0.1) is 13.8 Å². The molecule has 2 aromatic carbocycles. The molecule has 0 radical (unpaired) electrons. The summed E-state index contributed by atoms with van der Waals surface area (Å²) in [4.78, 5) is 33.6. The van der Waals surface area contributed by atoms with Crippen LogP contribution in [0.3, 0.4) is 0 Å².